The summed E-state index contributed by atoms with van der Waals surface area (Å²) in [5.74, 6) is 0. The molecule has 1 aliphatic rings. The molecule has 1 nitrogen and oxygen atoms in total. The van der Waals surface area contributed by atoms with Crippen molar-refractivity contribution >= 4 is 0 Å². The molecule has 0 saturated heterocycles. The molecule has 1 aliphatic heterocycles. The molecule has 0 bridgehead atoms. The zero-order chi connectivity index (χ0) is 4.95. The lowest BCUT2D eigenvalue weighted by Crippen LogP contribution is -1.87. The first-order valence-electron chi connectivity index (χ1n) is 2.15. The molecule has 0 spiro atoms. The van der Waals surface area contributed by atoms with Crippen molar-refractivity contribution in [2.75, 3.05) is 0 Å². The van der Waals surface area contributed by atoms with Gasteiger partial charge in [0.1, 0.15) is 0 Å². The summed E-state index contributed by atoms with van der Waals surface area (Å²) in [6, 6.07) is 0. The van der Waals surface area contributed by atoms with Gasteiger partial charge in [-0.2, -0.15) is 0 Å². The highest BCUT2D eigenvalue weighted by Gasteiger charge is 1.68. The molecule has 0 amide bonds. The van der Waals surface area contributed by atoms with Crippen molar-refractivity contribution in [2.24, 2.45) is 0 Å². The first-order chi connectivity index (χ1) is 3.50. The number of hydrogen-bond donors (Lipinski definition) is 1. The summed E-state index contributed by atoms with van der Waals surface area (Å²) < 4.78 is 0. The summed E-state index contributed by atoms with van der Waals surface area (Å²) in [4.78, 5) is 0. The molecule has 1 heteroatoms. The zero-order valence-corrected chi connectivity index (χ0v) is 3.89. The third kappa shape index (κ3) is 1.26. The van der Waals surface area contributed by atoms with E-state index in [-0.39, 0.29) is 0 Å². The monoisotopic (exact) mass is 92.1 g/mol. The van der Waals surface area contributed by atoms with E-state index in [1.165, 1.54) is 0 Å². The molecule has 1 radical (unpaired) electrons. The van der Waals surface area contributed by atoms with Crippen molar-refractivity contribution in [1.29, 1.82) is 0 Å². The second kappa shape index (κ2) is 2.24. The van der Waals surface area contributed by atoms with Crippen molar-refractivity contribution < 1.29 is 0 Å². The molecule has 0 aromatic rings. The highest BCUT2D eigenvalue weighted by Crippen LogP contribution is 1.80. The van der Waals surface area contributed by atoms with Gasteiger partial charge < -0.3 is 5.32 Å². The van der Waals surface area contributed by atoms with E-state index in [1.54, 1.807) is 6.20 Å². The topological polar surface area (TPSA) is 12.0 Å². The predicted octanol–water partition coefficient (Wildman–Crippen LogP) is 0.976. The predicted molar refractivity (Wildman–Crippen MR) is 29.2 cm³/mol. The standard InChI is InChI=1S/C6H6N/c1-2-4-6-7-5-3-1/h1-3,5-7H. The van der Waals surface area contributed by atoms with Gasteiger partial charge in [0.25, 0.3) is 0 Å². The SMILES string of the molecule is [C]1=CNC=CC=C1. The van der Waals surface area contributed by atoms with Crippen LogP contribution in [0.5, 0.6) is 0 Å². The van der Waals surface area contributed by atoms with Crippen LogP contribution < -0.4 is 5.32 Å². The van der Waals surface area contributed by atoms with E-state index in [4.69, 9.17) is 0 Å². The molecule has 0 atom stereocenters. The van der Waals surface area contributed by atoms with Gasteiger partial charge >= 0.3 is 0 Å². The normalized spacial score (nSPS) is 16.0. The third-order valence-corrected chi connectivity index (χ3v) is 0.663. The maximum absolute atomic E-state index is 2.87. The molecule has 0 fully saturated rings. The van der Waals surface area contributed by atoms with Crippen molar-refractivity contribution in [2.45, 2.75) is 0 Å². The van der Waals surface area contributed by atoms with E-state index < -0.39 is 0 Å². The number of rotatable bonds is 0. The van der Waals surface area contributed by atoms with E-state index in [0.717, 1.165) is 0 Å². The van der Waals surface area contributed by atoms with Crippen LogP contribution in [-0.2, 0) is 0 Å². The van der Waals surface area contributed by atoms with Crippen LogP contribution in [0.25, 0.3) is 0 Å². The maximum Gasteiger partial charge on any atom is 0.00841 e. The average Bonchev–Trinajstić information content (AvgIpc) is 1.90. The molecular weight excluding hydrogens is 86.1 g/mol. The highest BCUT2D eigenvalue weighted by molar-refractivity contribution is 5.10. The van der Waals surface area contributed by atoms with E-state index in [0.29, 0.717) is 0 Å². The third-order valence-electron chi connectivity index (χ3n) is 0.663. The lowest BCUT2D eigenvalue weighted by atomic mass is 10.5. The Morgan fingerprint density at radius 3 is 3.29 bits per heavy atom. The fraction of sp³-hybridized carbons (Fsp3) is 0. The molecule has 0 saturated carbocycles. The van der Waals surface area contributed by atoms with Crippen LogP contribution in [0.15, 0.2) is 30.6 Å². The van der Waals surface area contributed by atoms with Gasteiger partial charge in [-0.3, -0.25) is 0 Å². The van der Waals surface area contributed by atoms with Gasteiger partial charge in [0.15, 0.2) is 0 Å². The van der Waals surface area contributed by atoms with E-state index in [2.05, 4.69) is 11.4 Å². The smallest absolute Gasteiger partial charge is 0.00841 e. The second-order valence-corrected chi connectivity index (χ2v) is 1.20. The van der Waals surface area contributed by atoms with Gasteiger partial charge in [-0.1, -0.05) is 12.2 Å². The van der Waals surface area contributed by atoms with Crippen LogP contribution in [0.1, 0.15) is 0 Å². The second-order valence-electron chi connectivity index (χ2n) is 1.20. The highest BCUT2D eigenvalue weighted by atomic mass is 14.8. The Hall–Kier alpha value is -0.980. The van der Waals surface area contributed by atoms with Gasteiger partial charge in [0, 0.05) is 12.4 Å². The minimum atomic E-state index is 1.75. The Morgan fingerprint density at radius 2 is 2.29 bits per heavy atom. The first kappa shape index (κ1) is 4.19. The van der Waals surface area contributed by atoms with Gasteiger partial charge in [-0.05, 0) is 12.2 Å². The van der Waals surface area contributed by atoms with Crippen LogP contribution in [0.3, 0.4) is 0 Å². The van der Waals surface area contributed by atoms with Crippen molar-refractivity contribution in [3.8, 4) is 0 Å². The summed E-state index contributed by atoms with van der Waals surface area (Å²) in [6.07, 6.45) is 12.1. The van der Waals surface area contributed by atoms with Crippen LogP contribution in [0.2, 0.25) is 0 Å². The Balaban J connectivity index is 2.60. The maximum atomic E-state index is 2.87. The van der Waals surface area contributed by atoms with Crippen molar-refractivity contribution in [1.82, 2.24) is 5.32 Å². The van der Waals surface area contributed by atoms with E-state index >= 15 is 0 Å². The molecule has 0 aliphatic carbocycles. The van der Waals surface area contributed by atoms with Crippen LogP contribution in [0.4, 0.5) is 0 Å². The Labute approximate surface area is 43.0 Å². The fourth-order valence-corrected chi connectivity index (χ4v) is 0.367. The van der Waals surface area contributed by atoms with E-state index in [9.17, 15) is 0 Å². The summed E-state index contributed by atoms with van der Waals surface area (Å²) in [5.41, 5.74) is 0. The largest absolute Gasteiger partial charge is 0.367 e. The molecule has 0 aromatic carbocycles. The molecule has 1 heterocycles. The Bertz CT molecular complexity index is 106. The number of hydrogen-bond acceptors (Lipinski definition) is 1. The van der Waals surface area contributed by atoms with Crippen molar-refractivity contribution in [3.05, 3.63) is 36.7 Å². The summed E-state index contributed by atoms with van der Waals surface area (Å²) in [7, 11) is 0. The van der Waals surface area contributed by atoms with E-state index in [1.807, 2.05) is 24.4 Å². The molecule has 1 rings (SSSR count). The van der Waals surface area contributed by atoms with Crippen LogP contribution in [0, 0.1) is 6.08 Å². The quantitative estimate of drug-likeness (QED) is 0.469. The van der Waals surface area contributed by atoms with Gasteiger partial charge in [-0.25, -0.2) is 0 Å². The van der Waals surface area contributed by atoms with Crippen LogP contribution in [-0.4, -0.2) is 0 Å². The Kier molecular flexibility index (Phi) is 1.34. The summed E-state index contributed by atoms with van der Waals surface area (Å²) in [5, 5.41) is 2.87. The van der Waals surface area contributed by atoms with Gasteiger partial charge in [-0.15, -0.1) is 0 Å². The lowest BCUT2D eigenvalue weighted by Gasteiger charge is -1.78. The molecule has 0 aromatic heterocycles. The molecule has 0 unspecified atom stereocenters. The zero-order valence-electron chi connectivity index (χ0n) is 3.89. The van der Waals surface area contributed by atoms with Crippen LogP contribution >= 0.6 is 0 Å². The molecular formula is C6H6N. The molecule has 1 N–H and O–H groups in total. The Morgan fingerprint density at radius 1 is 1.29 bits per heavy atom. The minimum Gasteiger partial charge on any atom is -0.367 e. The molecule has 7 heavy (non-hydrogen) atoms. The number of allylic oxidation sites excluding steroid dienone is 4. The average molecular weight is 92.1 g/mol. The number of nitrogens with one attached hydrogen (secondary N) is 1. The minimum absolute atomic E-state index is 1.75. The summed E-state index contributed by atoms with van der Waals surface area (Å²) >= 11 is 0. The van der Waals surface area contributed by atoms with Crippen molar-refractivity contribution in [3.63, 3.8) is 0 Å². The molecule has 35 valence electrons. The van der Waals surface area contributed by atoms with Gasteiger partial charge in [0.05, 0.1) is 0 Å². The summed E-state index contributed by atoms with van der Waals surface area (Å²) in [6.45, 7) is 0. The first-order valence-corrected chi connectivity index (χ1v) is 2.15. The lowest BCUT2D eigenvalue weighted by molar-refractivity contribution is 1.20. The van der Waals surface area contributed by atoms with Gasteiger partial charge in [0.2, 0.25) is 0 Å². The fourth-order valence-electron chi connectivity index (χ4n) is 0.367.